The van der Waals surface area contributed by atoms with Crippen molar-refractivity contribution in [2.75, 3.05) is 18.2 Å². The maximum absolute atomic E-state index is 12.4. The average molecular weight is 444 g/mol. The molecule has 0 aliphatic heterocycles. The fraction of sp³-hybridized carbons (Fsp3) is 0.222. The highest BCUT2D eigenvalue weighted by molar-refractivity contribution is 7.90. The molecule has 0 aliphatic rings. The van der Waals surface area contributed by atoms with Crippen molar-refractivity contribution in [3.63, 3.8) is 0 Å². The van der Waals surface area contributed by atoms with Gasteiger partial charge in [0.15, 0.2) is 15.0 Å². The van der Waals surface area contributed by atoms with Crippen LogP contribution in [0.3, 0.4) is 0 Å². The number of anilines is 1. The molecule has 154 valence electrons. The summed E-state index contributed by atoms with van der Waals surface area (Å²) in [5.74, 6) is -0.449. The molecule has 0 spiro atoms. The number of thiazole rings is 1. The van der Waals surface area contributed by atoms with Crippen LogP contribution in [-0.2, 0) is 21.2 Å². The second-order valence-corrected chi connectivity index (χ2v) is 9.23. The fourth-order valence-corrected chi connectivity index (χ4v) is 4.02. The Morgan fingerprint density at radius 3 is 2.48 bits per heavy atom. The third-order valence-electron chi connectivity index (χ3n) is 3.76. The summed E-state index contributed by atoms with van der Waals surface area (Å²) in [6, 6.07) is 10.4. The first-order valence-electron chi connectivity index (χ1n) is 8.17. The molecule has 3 aromatic rings. The first-order chi connectivity index (χ1) is 13.5. The van der Waals surface area contributed by atoms with Crippen LogP contribution >= 0.6 is 11.3 Å². The maximum Gasteiger partial charge on any atom is 0.411 e. The van der Waals surface area contributed by atoms with Crippen molar-refractivity contribution >= 4 is 42.4 Å². The molecule has 0 aliphatic carbocycles. The predicted molar refractivity (Wildman–Crippen MR) is 103 cm³/mol. The van der Waals surface area contributed by atoms with Crippen molar-refractivity contribution in [1.29, 1.82) is 0 Å². The van der Waals surface area contributed by atoms with E-state index >= 15 is 0 Å². The first-order valence-corrected chi connectivity index (χ1v) is 10.9. The SMILES string of the molecule is CS(=O)(=O)c1ccc2nc(NC(=O)c3ccc(COCC(F)(F)F)cc3)sc2c1. The third kappa shape index (κ3) is 5.75. The van der Waals surface area contributed by atoms with E-state index < -0.39 is 28.5 Å². The number of carbonyl (C=O) groups excluding carboxylic acids is 1. The lowest BCUT2D eigenvalue weighted by atomic mass is 10.1. The minimum atomic E-state index is -4.39. The van der Waals surface area contributed by atoms with Crippen molar-refractivity contribution in [2.45, 2.75) is 17.7 Å². The third-order valence-corrected chi connectivity index (χ3v) is 5.80. The molecule has 1 heterocycles. The van der Waals surface area contributed by atoms with Gasteiger partial charge in [0.2, 0.25) is 0 Å². The van der Waals surface area contributed by atoms with E-state index in [1.807, 2.05) is 0 Å². The molecule has 0 saturated heterocycles. The lowest BCUT2D eigenvalue weighted by Gasteiger charge is -2.08. The van der Waals surface area contributed by atoms with E-state index in [0.29, 0.717) is 26.5 Å². The van der Waals surface area contributed by atoms with Gasteiger partial charge >= 0.3 is 6.18 Å². The van der Waals surface area contributed by atoms with Crippen LogP contribution in [0.4, 0.5) is 18.3 Å². The summed E-state index contributed by atoms with van der Waals surface area (Å²) >= 11 is 1.13. The number of rotatable bonds is 6. The largest absolute Gasteiger partial charge is 0.411 e. The minimum absolute atomic E-state index is 0.162. The van der Waals surface area contributed by atoms with Crippen LogP contribution in [0.1, 0.15) is 15.9 Å². The summed E-state index contributed by atoms with van der Waals surface area (Å²) in [6.07, 6.45) is -3.28. The summed E-state index contributed by atoms with van der Waals surface area (Å²) in [5, 5.41) is 2.93. The second kappa shape index (κ2) is 8.09. The maximum atomic E-state index is 12.4. The molecular weight excluding hydrogens is 429 g/mol. The Hall–Kier alpha value is -2.50. The van der Waals surface area contributed by atoms with Gasteiger partial charge in [-0.25, -0.2) is 13.4 Å². The molecule has 1 N–H and O–H groups in total. The van der Waals surface area contributed by atoms with E-state index in [2.05, 4.69) is 15.0 Å². The molecule has 29 heavy (non-hydrogen) atoms. The lowest BCUT2D eigenvalue weighted by molar-refractivity contribution is -0.176. The molecule has 3 rings (SSSR count). The highest BCUT2D eigenvalue weighted by Gasteiger charge is 2.27. The zero-order valence-electron chi connectivity index (χ0n) is 15.0. The number of nitrogens with one attached hydrogen (secondary N) is 1. The van der Waals surface area contributed by atoms with Crippen LogP contribution in [0, 0.1) is 0 Å². The predicted octanol–water partition coefficient (Wildman–Crippen LogP) is 4.03. The number of aromatic nitrogens is 1. The highest BCUT2D eigenvalue weighted by Crippen LogP contribution is 2.28. The van der Waals surface area contributed by atoms with E-state index in [-0.39, 0.29) is 11.5 Å². The van der Waals surface area contributed by atoms with Crippen LogP contribution in [0.2, 0.25) is 0 Å². The van der Waals surface area contributed by atoms with E-state index in [9.17, 15) is 26.4 Å². The number of sulfone groups is 1. The van der Waals surface area contributed by atoms with Crippen molar-refractivity contribution < 1.29 is 31.1 Å². The summed E-state index contributed by atoms with van der Waals surface area (Å²) in [4.78, 5) is 16.8. The van der Waals surface area contributed by atoms with Gasteiger partial charge in [0.25, 0.3) is 5.91 Å². The molecule has 1 amide bonds. The van der Waals surface area contributed by atoms with Crippen molar-refractivity contribution in [3.05, 3.63) is 53.6 Å². The minimum Gasteiger partial charge on any atom is -0.367 e. The number of carbonyl (C=O) groups is 1. The van der Waals surface area contributed by atoms with Crippen molar-refractivity contribution in [3.8, 4) is 0 Å². The standard InChI is InChI=1S/C18H15F3N2O4S2/c1-29(25,26)13-6-7-14-15(8-13)28-17(22-14)23-16(24)12-4-2-11(3-5-12)9-27-10-18(19,20)21/h2-8H,9-10H2,1H3,(H,22,23,24). The number of fused-ring (bicyclic) bond motifs is 1. The molecule has 0 bridgehead atoms. The molecule has 0 unspecified atom stereocenters. The Kier molecular flexibility index (Phi) is 5.92. The molecule has 0 fully saturated rings. The molecular formula is C18H15F3N2O4S2. The number of ether oxygens (including phenoxy) is 1. The molecule has 1 aromatic heterocycles. The number of halogens is 3. The van der Waals surface area contributed by atoms with Gasteiger partial charge in [0, 0.05) is 11.8 Å². The zero-order valence-corrected chi connectivity index (χ0v) is 16.6. The zero-order chi connectivity index (χ0) is 21.2. The van der Waals surface area contributed by atoms with Crippen molar-refractivity contribution in [1.82, 2.24) is 4.98 Å². The number of alkyl halides is 3. The number of hydrogen-bond acceptors (Lipinski definition) is 6. The molecule has 0 atom stereocenters. The van der Waals surface area contributed by atoms with E-state index in [4.69, 9.17) is 0 Å². The fourth-order valence-electron chi connectivity index (χ4n) is 2.40. The number of hydrogen-bond donors (Lipinski definition) is 1. The highest BCUT2D eigenvalue weighted by atomic mass is 32.2. The van der Waals surface area contributed by atoms with E-state index in [1.165, 1.54) is 36.4 Å². The van der Waals surface area contributed by atoms with Crippen LogP contribution in [-0.4, -0.2) is 38.3 Å². The molecule has 2 aromatic carbocycles. The Morgan fingerprint density at radius 2 is 1.86 bits per heavy atom. The molecule has 0 saturated carbocycles. The second-order valence-electron chi connectivity index (χ2n) is 6.18. The Balaban J connectivity index is 1.67. The Bertz CT molecular complexity index is 1140. The lowest BCUT2D eigenvalue weighted by Crippen LogP contribution is -2.16. The summed E-state index contributed by atoms with van der Waals surface area (Å²) < 4.78 is 64.7. The number of benzene rings is 2. The van der Waals surface area contributed by atoms with E-state index in [0.717, 1.165) is 17.6 Å². The summed E-state index contributed by atoms with van der Waals surface area (Å²) in [6.45, 7) is -1.56. The van der Waals surface area contributed by atoms with Gasteiger partial charge in [-0.2, -0.15) is 13.2 Å². The van der Waals surface area contributed by atoms with E-state index in [1.54, 1.807) is 6.07 Å². The van der Waals surface area contributed by atoms with Crippen LogP contribution in [0.15, 0.2) is 47.4 Å². The van der Waals surface area contributed by atoms with Crippen LogP contribution in [0.25, 0.3) is 10.2 Å². The molecule has 6 nitrogen and oxygen atoms in total. The topological polar surface area (TPSA) is 85.4 Å². The van der Waals surface area contributed by atoms with Gasteiger partial charge in [-0.3, -0.25) is 10.1 Å². The summed E-state index contributed by atoms with van der Waals surface area (Å²) in [7, 11) is -3.35. The van der Waals surface area contributed by atoms with Gasteiger partial charge < -0.3 is 4.74 Å². The number of nitrogens with zero attached hydrogens (tertiary/aromatic N) is 1. The van der Waals surface area contributed by atoms with Gasteiger partial charge in [-0.05, 0) is 35.9 Å². The van der Waals surface area contributed by atoms with Gasteiger partial charge in [0.05, 0.1) is 21.7 Å². The molecule has 11 heteroatoms. The monoisotopic (exact) mass is 444 g/mol. The smallest absolute Gasteiger partial charge is 0.367 e. The Labute approximate surface area is 168 Å². The van der Waals surface area contributed by atoms with Gasteiger partial charge in [0.1, 0.15) is 6.61 Å². The van der Waals surface area contributed by atoms with Crippen molar-refractivity contribution in [2.24, 2.45) is 0 Å². The Morgan fingerprint density at radius 1 is 1.17 bits per heavy atom. The number of amides is 1. The normalized spacial score (nSPS) is 12.3. The average Bonchev–Trinajstić information content (AvgIpc) is 3.01. The quantitative estimate of drug-likeness (QED) is 0.621. The first kappa shape index (κ1) is 21.2. The van der Waals surface area contributed by atoms with Crippen LogP contribution in [0.5, 0.6) is 0 Å². The van der Waals surface area contributed by atoms with Gasteiger partial charge in [-0.15, -0.1) is 0 Å². The molecule has 0 radical (unpaired) electrons. The van der Waals surface area contributed by atoms with Crippen LogP contribution < -0.4 is 5.32 Å². The van der Waals surface area contributed by atoms with Gasteiger partial charge in [-0.1, -0.05) is 23.5 Å². The summed E-state index contributed by atoms with van der Waals surface area (Å²) in [5.41, 5.74) is 1.34.